The second-order valence-corrected chi connectivity index (χ2v) is 6.98. The lowest BCUT2D eigenvalue weighted by atomic mass is 10.1. The van der Waals surface area contributed by atoms with E-state index in [1.54, 1.807) is 4.68 Å². The average molecular weight is 347 g/mol. The van der Waals surface area contributed by atoms with Crippen LogP contribution >= 0.6 is 0 Å². The number of aromatic nitrogens is 2. The van der Waals surface area contributed by atoms with Crippen molar-refractivity contribution in [3.05, 3.63) is 46.8 Å². The molecule has 5 nitrogen and oxygen atoms in total. The highest BCUT2D eigenvalue weighted by molar-refractivity contribution is 5.94. The van der Waals surface area contributed by atoms with E-state index in [1.165, 1.54) is 6.07 Å². The molecule has 0 atom stereocenters. The first-order valence-corrected chi connectivity index (χ1v) is 8.48. The van der Waals surface area contributed by atoms with Gasteiger partial charge in [-0.15, -0.1) is 0 Å². The first-order valence-electron chi connectivity index (χ1n) is 8.48. The highest BCUT2D eigenvalue weighted by atomic mass is 19.2. The molecule has 7 heteroatoms. The van der Waals surface area contributed by atoms with Crippen LogP contribution in [0.2, 0.25) is 0 Å². The molecule has 0 aliphatic heterocycles. The summed E-state index contributed by atoms with van der Waals surface area (Å²) in [5.41, 5.74) is 2.31. The summed E-state index contributed by atoms with van der Waals surface area (Å²) in [6, 6.07) is 3.61. The maximum absolute atomic E-state index is 13.6. The Hall–Kier alpha value is -2.28. The Kier molecular flexibility index (Phi) is 3.83. The third-order valence-electron chi connectivity index (χ3n) is 5.21. The number of rotatable bonds is 5. The molecule has 1 heterocycles. The minimum Gasteiger partial charge on any atom is -0.396 e. The molecule has 132 valence electrons. The Morgan fingerprint density at radius 3 is 2.76 bits per heavy atom. The lowest BCUT2D eigenvalue weighted by Crippen LogP contribution is -2.32. The van der Waals surface area contributed by atoms with E-state index in [-0.39, 0.29) is 17.9 Å². The van der Waals surface area contributed by atoms with Crippen molar-refractivity contribution in [1.82, 2.24) is 15.1 Å². The van der Waals surface area contributed by atoms with Gasteiger partial charge in [0, 0.05) is 29.3 Å². The summed E-state index contributed by atoms with van der Waals surface area (Å²) in [5, 5.41) is 16.6. The highest BCUT2D eigenvalue weighted by Gasteiger charge is 2.42. The molecule has 2 aromatic rings. The van der Waals surface area contributed by atoms with Gasteiger partial charge >= 0.3 is 0 Å². The molecule has 0 bridgehead atoms. The number of amides is 1. The molecule has 2 aliphatic carbocycles. The molecule has 25 heavy (non-hydrogen) atoms. The van der Waals surface area contributed by atoms with Crippen molar-refractivity contribution >= 4 is 5.91 Å². The minimum absolute atomic E-state index is 0.0642. The van der Waals surface area contributed by atoms with Crippen LogP contribution in [0, 0.1) is 17.0 Å². The zero-order valence-corrected chi connectivity index (χ0v) is 13.7. The number of nitrogens with zero attached hydrogens (tertiary/aromatic N) is 2. The summed E-state index contributed by atoms with van der Waals surface area (Å²) in [6.45, 7) is 0.490. The number of halogens is 2. The normalized spacial score (nSPS) is 17.4. The average Bonchev–Trinajstić information content (AvgIpc) is 3.07. The van der Waals surface area contributed by atoms with E-state index in [2.05, 4.69) is 10.4 Å². The molecule has 1 fully saturated rings. The number of carbonyl (C=O) groups is 1. The standard InChI is InChI=1S/C18H19F2N3O2/c19-13-5-4-11(8-14(13)20)23-15-3-1-2-12(15)16(22-23)17(25)21-9-18(10-24)6-7-18/h4-5,8,24H,1-3,6-7,9-10H2,(H,21,25). The van der Waals surface area contributed by atoms with E-state index >= 15 is 0 Å². The van der Waals surface area contributed by atoms with Crippen LogP contribution in [0.15, 0.2) is 18.2 Å². The van der Waals surface area contributed by atoms with Crippen LogP contribution in [0.4, 0.5) is 8.78 Å². The van der Waals surface area contributed by atoms with Gasteiger partial charge in [0.25, 0.3) is 5.91 Å². The van der Waals surface area contributed by atoms with Crippen molar-refractivity contribution in [2.75, 3.05) is 13.2 Å². The van der Waals surface area contributed by atoms with Crippen molar-refractivity contribution in [1.29, 1.82) is 0 Å². The van der Waals surface area contributed by atoms with Gasteiger partial charge in [0.05, 0.1) is 12.3 Å². The van der Waals surface area contributed by atoms with Gasteiger partial charge < -0.3 is 10.4 Å². The topological polar surface area (TPSA) is 67.2 Å². The molecular weight excluding hydrogens is 328 g/mol. The molecule has 1 aromatic heterocycles. The smallest absolute Gasteiger partial charge is 0.272 e. The van der Waals surface area contributed by atoms with Crippen molar-refractivity contribution in [2.45, 2.75) is 32.1 Å². The monoisotopic (exact) mass is 347 g/mol. The van der Waals surface area contributed by atoms with Crippen molar-refractivity contribution in [2.24, 2.45) is 5.41 Å². The quantitative estimate of drug-likeness (QED) is 0.871. The number of benzene rings is 1. The molecule has 0 unspecified atom stereocenters. The first kappa shape index (κ1) is 16.2. The number of nitrogens with one attached hydrogen (secondary N) is 1. The fraction of sp³-hybridized carbons (Fsp3) is 0.444. The van der Waals surface area contributed by atoms with E-state index in [9.17, 15) is 18.7 Å². The molecule has 0 radical (unpaired) electrons. The van der Waals surface area contributed by atoms with Gasteiger partial charge in [0.15, 0.2) is 17.3 Å². The van der Waals surface area contributed by atoms with Crippen LogP contribution in [0.25, 0.3) is 5.69 Å². The summed E-state index contributed by atoms with van der Waals surface area (Å²) in [6.07, 6.45) is 4.20. The van der Waals surface area contributed by atoms with Crippen LogP contribution in [-0.2, 0) is 12.8 Å². The van der Waals surface area contributed by atoms with Gasteiger partial charge in [-0.1, -0.05) is 0 Å². The predicted octanol–water partition coefficient (Wildman–Crippen LogP) is 2.14. The van der Waals surface area contributed by atoms with Gasteiger partial charge in [-0.3, -0.25) is 4.79 Å². The molecule has 0 spiro atoms. The highest BCUT2D eigenvalue weighted by Crippen LogP contribution is 2.44. The summed E-state index contributed by atoms with van der Waals surface area (Å²) in [4.78, 5) is 12.6. The van der Waals surface area contributed by atoms with Gasteiger partial charge in [0.1, 0.15) is 0 Å². The first-order chi connectivity index (χ1) is 12.0. The number of hydrogen-bond donors (Lipinski definition) is 2. The second kappa shape index (κ2) is 5.91. The number of fused-ring (bicyclic) bond motifs is 1. The van der Waals surface area contributed by atoms with Crippen LogP contribution in [0.1, 0.15) is 41.0 Å². The molecular formula is C18H19F2N3O2. The Morgan fingerprint density at radius 2 is 2.08 bits per heavy atom. The lowest BCUT2D eigenvalue weighted by Gasteiger charge is -2.12. The zero-order valence-electron chi connectivity index (χ0n) is 13.7. The van der Waals surface area contributed by atoms with Crippen LogP contribution in [0.5, 0.6) is 0 Å². The molecule has 2 aliphatic rings. The van der Waals surface area contributed by atoms with Gasteiger partial charge in [0.2, 0.25) is 0 Å². The van der Waals surface area contributed by atoms with Gasteiger partial charge in [-0.25, -0.2) is 13.5 Å². The summed E-state index contributed by atoms with van der Waals surface area (Å²) < 4.78 is 28.3. The largest absolute Gasteiger partial charge is 0.396 e. The third-order valence-corrected chi connectivity index (χ3v) is 5.21. The lowest BCUT2D eigenvalue weighted by molar-refractivity contribution is 0.0929. The fourth-order valence-corrected chi connectivity index (χ4v) is 3.37. The van der Waals surface area contributed by atoms with Crippen LogP contribution < -0.4 is 5.32 Å². The summed E-state index contributed by atoms with van der Waals surface area (Å²) in [5.74, 6) is -2.13. The Bertz CT molecular complexity index is 843. The van der Waals surface area contributed by atoms with Crippen molar-refractivity contribution in [3.63, 3.8) is 0 Å². The fourth-order valence-electron chi connectivity index (χ4n) is 3.37. The second-order valence-electron chi connectivity index (χ2n) is 6.98. The van der Waals surface area contributed by atoms with Crippen molar-refractivity contribution in [3.8, 4) is 5.69 Å². The molecule has 2 N–H and O–H groups in total. The van der Waals surface area contributed by atoms with E-state index < -0.39 is 11.6 Å². The molecule has 4 rings (SSSR count). The summed E-state index contributed by atoms with van der Waals surface area (Å²) in [7, 11) is 0. The summed E-state index contributed by atoms with van der Waals surface area (Å²) >= 11 is 0. The number of aliphatic hydroxyl groups is 1. The number of aliphatic hydroxyl groups excluding tert-OH is 1. The van der Waals surface area contributed by atoms with Gasteiger partial charge in [-0.05, 0) is 44.2 Å². The maximum Gasteiger partial charge on any atom is 0.272 e. The molecule has 1 saturated carbocycles. The van der Waals surface area contributed by atoms with E-state index in [0.717, 1.165) is 55.5 Å². The Morgan fingerprint density at radius 1 is 1.28 bits per heavy atom. The molecule has 1 aromatic carbocycles. The Balaban J connectivity index is 1.63. The zero-order chi connectivity index (χ0) is 17.6. The SMILES string of the molecule is O=C(NCC1(CO)CC1)c1nn(-c2ccc(F)c(F)c2)c2c1CCC2. The number of carbonyl (C=O) groups excluding carboxylic acids is 1. The molecule has 1 amide bonds. The van der Waals surface area contributed by atoms with E-state index in [1.807, 2.05) is 0 Å². The van der Waals surface area contributed by atoms with Crippen molar-refractivity contribution < 1.29 is 18.7 Å². The van der Waals surface area contributed by atoms with Crippen LogP contribution in [-0.4, -0.2) is 33.9 Å². The predicted molar refractivity (Wildman–Crippen MR) is 86.6 cm³/mol. The number of hydrogen-bond acceptors (Lipinski definition) is 3. The van der Waals surface area contributed by atoms with E-state index in [0.29, 0.717) is 17.9 Å². The molecule has 0 saturated heterocycles. The Labute approximate surface area is 143 Å². The van der Waals surface area contributed by atoms with Crippen LogP contribution in [0.3, 0.4) is 0 Å². The van der Waals surface area contributed by atoms with Gasteiger partial charge in [-0.2, -0.15) is 5.10 Å². The minimum atomic E-state index is -0.940. The third kappa shape index (κ3) is 2.82. The van der Waals surface area contributed by atoms with E-state index in [4.69, 9.17) is 0 Å². The maximum atomic E-state index is 13.6.